The van der Waals surface area contributed by atoms with Crippen LogP contribution in [-0.2, 0) is 28.5 Å². The van der Waals surface area contributed by atoms with Crippen LogP contribution in [0.5, 0.6) is 0 Å². The van der Waals surface area contributed by atoms with E-state index in [1.54, 1.807) is 0 Å². The minimum absolute atomic E-state index is 0.000843. The van der Waals surface area contributed by atoms with Crippen molar-refractivity contribution >= 4 is 11.9 Å². The molecule has 0 aromatic rings. The predicted molar refractivity (Wildman–Crippen MR) is 200 cm³/mol. The van der Waals surface area contributed by atoms with Gasteiger partial charge >= 0.3 is 11.9 Å². The lowest BCUT2D eigenvalue weighted by molar-refractivity contribution is -0.327. The van der Waals surface area contributed by atoms with Crippen LogP contribution in [0.3, 0.4) is 0 Å². The molecule has 7 aliphatic rings. The Bertz CT molecular complexity index is 1590. The molecule has 6 fully saturated rings. The lowest BCUT2D eigenvalue weighted by Gasteiger charge is -2.71. The number of esters is 1. The third kappa shape index (κ3) is 6.39. The average Bonchev–Trinajstić information content (AvgIpc) is 3.16. The van der Waals surface area contributed by atoms with Crippen LogP contribution in [0.2, 0.25) is 0 Å². The number of rotatable bonds is 7. The van der Waals surface area contributed by atoms with Gasteiger partial charge in [-0.3, -0.25) is 4.79 Å². The highest BCUT2D eigenvalue weighted by molar-refractivity contribution is 5.77. The van der Waals surface area contributed by atoms with E-state index < -0.39 is 96.9 Å². The van der Waals surface area contributed by atoms with E-state index in [4.69, 9.17) is 18.9 Å². The summed E-state index contributed by atoms with van der Waals surface area (Å²) >= 11 is 0. The molecule has 2 aliphatic heterocycles. The van der Waals surface area contributed by atoms with Crippen LogP contribution >= 0.6 is 0 Å². The van der Waals surface area contributed by atoms with Gasteiger partial charge in [-0.15, -0.1) is 0 Å². The van der Waals surface area contributed by atoms with Crippen molar-refractivity contribution < 1.29 is 74.5 Å². The summed E-state index contributed by atoms with van der Waals surface area (Å²) in [7, 11) is 0. The van der Waals surface area contributed by atoms with Crippen molar-refractivity contribution in [2.75, 3.05) is 13.2 Å². The lowest BCUT2D eigenvalue weighted by atomic mass is 9.33. The average molecular weight is 811 g/mol. The molecule has 324 valence electrons. The van der Waals surface area contributed by atoms with Gasteiger partial charge in [0.25, 0.3) is 0 Å². The molecular formula is C42H66O15. The van der Waals surface area contributed by atoms with Crippen molar-refractivity contribution in [1.29, 1.82) is 0 Å². The van der Waals surface area contributed by atoms with E-state index in [9.17, 15) is 55.5 Å². The van der Waals surface area contributed by atoms with Gasteiger partial charge in [-0.25, -0.2) is 4.79 Å². The molecule has 2 saturated heterocycles. The summed E-state index contributed by atoms with van der Waals surface area (Å²) in [6, 6.07) is 0. The van der Waals surface area contributed by atoms with Gasteiger partial charge in [-0.1, -0.05) is 46.3 Å². The molecule has 0 radical (unpaired) electrons. The highest BCUT2D eigenvalue weighted by Crippen LogP contribution is 2.76. The molecule has 0 aromatic heterocycles. The molecule has 2 heterocycles. The van der Waals surface area contributed by atoms with E-state index in [1.807, 2.05) is 13.8 Å². The van der Waals surface area contributed by atoms with Crippen LogP contribution in [0.4, 0.5) is 0 Å². The van der Waals surface area contributed by atoms with Gasteiger partial charge in [0, 0.05) is 5.41 Å². The zero-order chi connectivity index (χ0) is 41.8. The standard InChI is InChI=1S/C42H66O15/c1-37-13-14-38(2,36(53)57-34-30(49)27(46)26(45)22(18-43)54-34)17-21(37)20-7-8-24-39(3)11-10-25(55-35-31(50)28(47)29(48)32(56-35)33(51)52)40(4,19-44)23(39)9-12-42(24,6)41(20,5)16-15-37/h7,21-32,34-35,43-50H,8-19H2,1-6H3,(H,51,52)/t21-,22-,23-,24-,25+,26-,27+,28+,29+,30-,31-,32+,34+,35-,37-,38+,39+,40+,41-,42+/m0/s1. The number of carbonyl (C=O) groups is 2. The molecule has 15 heteroatoms. The first-order valence-corrected chi connectivity index (χ1v) is 21.0. The van der Waals surface area contributed by atoms with Gasteiger partial charge in [-0.05, 0) is 111 Å². The van der Waals surface area contributed by atoms with Gasteiger partial charge < -0.3 is 64.9 Å². The Hall–Kier alpha value is -1.76. The first-order valence-electron chi connectivity index (χ1n) is 21.0. The van der Waals surface area contributed by atoms with Crippen molar-refractivity contribution in [3.63, 3.8) is 0 Å². The van der Waals surface area contributed by atoms with Crippen molar-refractivity contribution in [2.45, 2.75) is 173 Å². The topological polar surface area (TPSA) is 253 Å². The van der Waals surface area contributed by atoms with E-state index in [0.717, 1.165) is 44.9 Å². The highest BCUT2D eigenvalue weighted by Gasteiger charge is 2.69. The normalized spacial score (nSPS) is 54.9. The number of aliphatic hydroxyl groups is 8. The number of carboxylic acid groups (broad SMARTS) is 1. The molecule has 20 atom stereocenters. The van der Waals surface area contributed by atoms with Crippen LogP contribution in [0.1, 0.15) is 106 Å². The molecule has 0 spiro atoms. The predicted octanol–water partition coefficient (Wildman–Crippen LogP) is 1.38. The number of hydrogen-bond donors (Lipinski definition) is 9. The minimum atomic E-state index is -1.83. The maximum atomic E-state index is 14.0. The summed E-state index contributed by atoms with van der Waals surface area (Å²) in [6.45, 7) is 12.5. The number of carbonyl (C=O) groups excluding carboxylic acids is 1. The maximum absolute atomic E-state index is 14.0. The van der Waals surface area contributed by atoms with Crippen molar-refractivity contribution in [1.82, 2.24) is 0 Å². The summed E-state index contributed by atoms with van der Waals surface area (Å²) in [5.41, 5.74) is -0.924. The largest absolute Gasteiger partial charge is 0.479 e. The number of carboxylic acids is 1. The maximum Gasteiger partial charge on any atom is 0.335 e. The van der Waals surface area contributed by atoms with Gasteiger partial charge in [0.15, 0.2) is 12.4 Å². The van der Waals surface area contributed by atoms with E-state index in [2.05, 4.69) is 33.8 Å². The monoisotopic (exact) mass is 810 g/mol. The Kier molecular flexibility index (Phi) is 11.2. The van der Waals surface area contributed by atoms with E-state index in [1.165, 1.54) is 5.57 Å². The first kappa shape index (κ1) is 43.3. The zero-order valence-electron chi connectivity index (χ0n) is 34.1. The fraction of sp³-hybridized carbons (Fsp3) is 0.905. The number of fused-ring (bicyclic) bond motifs is 7. The summed E-state index contributed by atoms with van der Waals surface area (Å²) < 4.78 is 23.1. The number of aliphatic carboxylic acids is 1. The van der Waals surface area contributed by atoms with Crippen LogP contribution < -0.4 is 0 Å². The summed E-state index contributed by atoms with van der Waals surface area (Å²) in [5, 5.41) is 93.1. The molecule has 0 bridgehead atoms. The van der Waals surface area contributed by atoms with Gasteiger partial charge in [0.1, 0.15) is 42.7 Å². The second kappa shape index (κ2) is 14.7. The molecule has 0 aromatic carbocycles. The fourth-order valence-corrected chi connectivity index (χ4v) is 13.5. The second-order valence-electron chi connectivity index (χ2n) is 20.4. The molecule has 0 unspecified atom stereocenters. The number of allylic oxidation sites excluding steroid dienone is 2. The molecule has 7 rings (SSSR count). The Labute approximate surface area is 334 Å². The molecular weight excluding hydrogens is 744 g/mol. The molecule has 15 nitrogen and oxygen atoms in total. The van der Waals surface area contributed by atoms with E-state index >= 15 is 0 Å². The Morgan fingerprint density at radius 3 is 2.05 bits per heavy atom. The van der Waals surface area contributed by atoms with E-state index in [-0.39, 0.29) is 46.0 Å². The third-order valence-corrected chi connectivity index (χ3v) is 17.6. The van der Waals surface area contributed by atoms with Crippen molar-refractivity contribution in [3.8, 4) is 0 Å². The summed E-state index contributed by atoms with van der Waals surface area (Å²) in [4.78, 5) is 25.8. The Morgan fingerprint density at radius 2 is 1.40 bits per heavy atom. The van der Waals surface area contributed by atoms with Crippen LogP contribution in [0.15, 0.2) is 11.6 Å². The fourth-order valence-electron chi connectivity index (χ4n) is 13.5. The number of aliphatic hydroxyl groups excluding tert-OH is 8. The summed E-state index contributed by atoms with van der Waals surface area (Å²) in [6.07, 6.45) is -6.78. The number of hydrogen-bond acceptors (Lipinski definition) is 14. The van der Waals surface area contributed by atoms with Crippen LogP contribution in [0.25, 0.3) is 0 Å². The van der Waals surface area contributed by atoms with Crippen LogP contribution in [0, 0.1) is 50.2 Å². The quantitative estimate of drug-likeness (QED) is 0.100. The minimum Gasteiger partial charge on any atom is -0.479 e. The third-order valence-electron chi connectivity index (χ3n) is 17.6. The molecule has 5 aliphatic carbocycles. The lowest BCUT2D eigenvalue weighted by Crippen LogP contribution is -2.67. The smallest absolute Gasteiger partial charge is 0.335 e. The van der Waals surface area contributed by atoms with Gasteiger partial charge in [0.05, 0.1) is 24.7 Å². The highest BCUT2D eigenvalue weighted by atomic mass is 16.7. The summed E-state index contributed by atoms with van der Waals surface area (Å²) in [5.74, 6) is -1.71. The Balaban J connectivity index is 1.13. The first-order chi connectivity index (χ1) is 26.5. The molecule has 4 saturated carbocycles. The Morgan fingerprint density at radius 1 is 0.754 bits per heavy atom. The van der Waals surface area contributed by atoms with Crippen molar-refractivity contribution in [3.05, 3.63) is 11.6 Å². The second-order valence-corrected chi connectivity index (χ2v) is 20.4. The van der Waals surface area contributed by atoms with Crippen LogP contribution in [-0.4, -0.2) is 139 Å². The van der Waals surface area contributed by atoms with E-state index in [0.29, 0.717) is 19.3 Å². The number of ether oxygens (including phenoxy) is 4. The van der Waals surface area contributed by atoms with Gasteiger partial charge in [0.2, 0.25) is 6.29 Å². The zero-order valence-corrected chi connectivity index (χ0v) is 34.1. The van der Waals surface area contributed by atoms with Crippen molar-refractivity contribution in [2.24, 2.45) is 50.2 Å². The molecule has 9 N–H and O–H groups in total. The van der Waals surface area contributed by atoms with Gasteiger partial charge in [-0.2, -0.15) is 0 Å². The SMILES string of the molecule is C[C@@]1(C(=O)O[C@H]2O[C@@H](CO)[C@H](O)[C@@H](O)[C@@H]2O)CC[C@@]2(C)CC[C@@]3(C)C(=CC[C@H]4[C@]5(C)CC[C@@H](O[C@H]6O[C@@H](C(=O)O)[C@H](O)[C@@H](O)[C@@H]6O)[C@](C)(CO)[C@H]5CC[C@]43C)[C@@H]2C1. The molecule has 57 heavy (non-hydrogen) atoms. The molecule has 0 amide bonds.